The van der Waals surface area contributed by atoms with Gasteiger partial charge in [-0.15, -0.1) is 0 Å². The van der Waals surface area contributed by atoms with E-state index >= 15 is 0 Å². The fraction of sp³-hybridized carbons (Fsp3) is 0.286. The van der Waals surface area contributed by atoms with Crippen LogP contribution in [0, 0.1) is 0 Å². The maximum atomic E-state index is 12.4. The van der Waals surface area contributed by atoms with Crippen molar-refractivity contribution < 1.29 is 14.3 Å². The number of ether oxygens (including phenoxy) is 2. The number of nitrogens with one attached hydrogen (secondary N) is 2. The molecule has 0 aromatic heterocycles. The highest BCUT2D eigenvalue weighted by Gasteiger charge is 2.25. The smallest absolute Gasteiger partial charge is 0.224 e. The predicted octanol–water partition coefficient (Wildman–Crippen LogP) is 7.95. The van der Waals surface area contributed by atoms with E-state index in [1.807, 2.05) is 30.3 Å². The van der Waals surface area contributed by atoms with Crippen molar-refractivity contribution in [3.05, 3.63) is 102 Å². The largest absolute Gasteiger partial charge is 0.493 e. The summed E-state index contributed by atoms with van der Waals surface area (Å²) in [6.07, 6.45) is 5.09. The molecule has 0 saturated carbocycles. The van der Waals surface area contributed by atoms with Gasteiger partial charge in [0.25, 0.3) is 0 Å². The molecule has 7 heteroatoms. The Balaban J connectivity index is 1.46. The summed E-state index contributed by atoms with van der Waals surface area (Å²) < 4.78 is 11.2. The van der Waals surface area contributed by atoms with Crippen molar-refractivity contribution in [3.63, 3.8) is 0 Å². The van der Waals surface area contributed by atoms with Crippen LogP contribution >= 0.6 is 0 Å². The van der Waals surface area contributed by atoms with Crippen molar-refractivity contribution in [2.75, 3.05) is 42.0 Å². The Kier molecular flexibility index (Phi) is 9.97. The van der Waals surface area contributed by atoms with Crippen molar-refractivity contribution in [1.29, 1.82) is 0 Å². The normalized spacial score (nSPS) is 12.5. The highest BCUT2D eigenvalue weighted by atomic mass is 16.5. The van der Waals surface area contributed by atoms with Crippen LogP contribution in [0.25, 0.3) is 5.57 Å². The van der Waals surface area contributed by atoms with Gasteiger partial charge in [-0.3, -0.25) is 4.79 Å². The van der Waals surface area contributed by atoms with E-state index in [1.54, 1.807) is 20.3 Å². The van der Waals surface area contributed by atoms with Crippen LogP contribution in [-0.2, 0) is 4.79 Å². The number of methoxy groups -OCH3 is 2. The van der Waals surface area contributed by atoms with E-state index in [-0.39, 0.29) is 5.91 Å². The van der Waals surface area contributed by atoms with Crippen molar-refractivity contribution in [1.82, 2.24) is 0 Å². The van der Waals surface area contributed by atoms with Crippen LogP contribution in [0.4, 0.5) is 22.7 Å². The second-order valence-electron chi connectivity index (χ2n) is 10.8. The first-order valence-corrected chi connectivity index (χ1v) is 14.4. The Labute approximate surface area is 249 Å². The molecule has 7 nitrogen and oxygen atoms in total. The average Bonchev–Trinajstić information content (AvgIpc) is 2.98. The maximum absolute atomic E-state index is 12.4. The van der Waals surface area contributed by atoms with Gasteiger partial charge in [0.1, 0.15) is 0 Å². The number of nitrogen functional groups attached to an aromatic ring is 1. The lowest BCUT2D eigenvalue weighted by atomic mass is 9.92. The van der Waals surface area contributed by atoms with Crippen LogP contribution < -0.4 is 30.7 Å². The van der Waals surface area contributed by atoms with Crippen LogP contribution in [0.3, 0.4) is 0 Å². The lowest BCUT2D eigenvalue weighted by Crippen LogP contribution is -2.24. The van der Waals surface area contributed by atoms with Crippen molar-refractivity contribution in [3.8, 4) is 11.5 Å². The number of hydrogen-bond donors (Lipinski definition) is 3. The molecule has 3 aromatic rings. The minimum absolute atomic E-state index is 0.0321. The Bertz CT molecular complexity index is 1470. The first kappa shape index (κ1) is 30.3. The number of rotatable bonds is 13. The number of unbranched alkanes of at least 4 members (excludes halogenated alkanes) is 2. The van der Waals surface area contributed by atoms with Crippen LogP contribution in [0.15, 0.2) is 91.3 Å². The molecular formula is C35H42N4O3. The zero-order valence-corrected chi connectivity index (χ0v) is 25.1. The minimum atomic E-state index is -0.0321. The summed E-state index contributed by atoms with van der Waals surface area (Å²) in [7, 11) is 3.27. The molecule has 4 rings (SSSR count). The predicted molar refractivity (Wildman–Crippen MR) is 175 cm³/mol. The molecule has 1 amide bonds. The molecule has 0 unspecified atom stereocenters. The lowest BCUT2D eigenvalue weighted by molar-refractivity contribution is -0.116. The van der Waals surface area contributed by atoms with E-state index in [0.29, 0.717) is 35.2 Å². The number of para-hydroxylation sites is 2. The Morgan fingerprint density at radius 1 is 0.952 bits per heavy atom. The highest BCUT2D eigenvalue weighted by molar-refractivity contribution is 5.94. The van der Waals surface area contributed by atoms with Gasteiger partial charge in [0.2, 0.25) is 5.91 Å². The van der Waals surface area contributed by atoms with E-state index in [4.69, 9.17) is 15.2 Å². The summed E-state index contributed by atoms with van der Waals surface area (Å²) in [6.45, 7) is 13.9. The van der Waals surface area contributed by atoms with Gasteiger partial charge in [-0.05, 0) is 60.2 Å². The topological polar surface area (TPSA) is 88.9 Å². The quantitative estimate of drug-likeness (QED) is 0.144. The molecule has 220 valence electrons. The minimum Gasteiger partial charge on any atom is -0.493 e. The molecule has 0 aliphatic carbocycles. The fourth-order valence-electron chi connectivity index (χ4n) is 5.00. The third-order valence-corrected chi connectivity index (χ3v) is 7.48. The Hall–Kier alpha value is -4.65. The summed E-state index contributed by atoms with van der Waals surface area (Å²) >= 11 is 0. The lowest BCUT2D eigenvalue weighted by Gasteiger charge is -2.32. The number of benzene rings is 3. The molecular weight excluding hydrogens is 524 g/mol. The van der Waals surface area contributed by atoms with Gasteiger partial charge in [-0.2, -0.15) is 0 Å². The number of anilines is 4. The molecule has 4 N–H and O–H groups in total. The maximum Gasteiger partial charge on any atom is 0.224 e. The van der Waals surface area contributed by atoms with E-state index in [0.717, 1.165) is 59.6 Å². The summed E-state index contributed by atoms with van der Waals surface area (Å²) in [4.78, 5) is 14.7. The van der Waals surface area contributed by atoms with Crippen molar-refractivity contribution in [2.45, 2.75) is 45.4 Å². The van der Waals surface area contributed by atoms with Gasteiger partial charge in [-0.25, -0.2) is 0 Å². The van der Waals surface area contributed by atoms with Crippen LogP contribution in [0.5, 0.6) is 11.5 Å². The van der Waals surface area contributed by atoms with Crippen LogP contribution in [0.1, 0.15) is 56.6 Å². The molecule has 0 radical (unpaired) electrons. The average molecular weight is 567 g/mol. The third kappa shape index (κ3) is 7.16. The van der Waals surface area contributed by atoms with Gasteiger partial charge < -0.3 is 30.7 Å². The van der Waals surface area contributed by atoms with Crippen LogP contribution in [-0.4, -0.2) is 26.7 Å². The van der Waals surface area contributed by atoms with Crippen LogP contribution in [0.2, 0.25) is 0 Å². The number of nitrogens with zero attached hydrogens (tertiary/aromatic N) is 1. The molecule has 1 heterocycles. The van der Waals surface area contributed by atoms with E-state index in [2.05, 4.69) is 73.0 Å². The molecule has 42 heavy (non-hydrogen) atoms. The molecule has 0 bridgehead atoms. The summed E-state index contributed by atoms with van der Waals surface area (Å²) in [5.74, 6) is 1.74. The molecule has 3 aromatic carbocycles. The monoisotopic (exact) mass is 566 g/mol. The zero-order chi connectivity index (χ0) is 30.2. The first-order chi connectivity index (χ1) is 20.2. The first-order valence-electron chi connectivity index (χ1n) is 14.4. The van der Waals surface area contributed by atoms with E-state index in [9.17, 15) is 4.79 Å². The molecule has 0 saturated heterocycles. The number of fused-ring (bicyclic) bond motifs is 1. The molecule has 0 fully saturated rings. The standard InChI is InChI=1S/C35H42N4O3/c1-23(2)26-15-17-27(18-16-26)37-25(4)29-22-39(32-21-34(42-6)33(41-5)20-28(32)24(29)3)19-11-7-8-14-35(40)38-31-13-10-9-12-30(31)36/h9-10,12-13,15-18,20-23,37H,3-4,7-8,11,14,19,36H2,1-2,5-6H3,(H,38,40). The number of carbonyl (C=O) groups is 1. The summed E-state index contributed by atoms with van der Waals surface area (Å²) in [5.41, 5.74) is 13.9. The molecule has 1 aliphatic heterocycles. The second-order valence-corrected chi connectivity index (χ2v) is 10.8. The summed E-state index contributed by atoms with van der Waals surface area (Å²) in [5, 5.41) is 6.37. The molecule has 0 spiro atoms. The van der Waals surface area contributed by atoms with Gasteiger partial charge in [0.15, 0.2) is 11.5 Å². The Morgan fingerprint density at radius 2 is 1.64 bits per heavy atom. The number of carbonyl (C=O) groups excluding carboxylic acids is 1. The molecule has 1 aliphatic rings. The van der Waals surface area contributed by atoms with E-state index < -0.39 is 0 Å². The number of amides is 1. The number of allylic oxidation sites excluding steroid dienone is 1. The SMILES string of the molecule is C=C(Nc1ccc(C(C)C)cc1)C1=CN(CCCCCC(=O)Nc2ccccc2N)c2cc(OC)c(OC)cc2C1=C. The summed E-state index contributed by atoms with van der Waals surface area (Å²) in [6, 6.07) is 19.7. The van der Waals surface area contributed by atoms with Gasteiger partial charge >= 0.3 is 0 Å². The van der Waals surface area contributed by atoms with Crippen molar-refractivity contribution in [2.24, 2.45) is 0 Å². The molecule has 0 atom stereocenters. The third-order valence-electron chi connectivity index (χ3n) is 7.48. The second kappa shape index (κ2) is 13.8. The van der Waals surface area contributed by atoms with Gasteiger partial charge in [0.05, 0.1) is 31.3 Å². The number of nitrogens with two attached hydrogens (primary N) is 1. The van der Waals surface area contributed by atoms with E-state index in [1.165, 1.54) is 5.56 Å². The fourth-order valence-corrected chi connectivity index (χ4v) is 5.00. The highest BCUT2D eigenvalue weighted by Crippen LogP contribution is 2.44. The van der Waals surface area contributed by atoms with Crippen molar-refractivity contribution >= 4 is 34.2 Å². The Morgan fingerprint density at radius 3 is 2.31 bits per heavy atom. The number of hydrogen-bond acceptors (Lipinski definition) is 6. The van der Waals surface area contributed by atoms with Gasteiger partial charge in [-0.1, -0.05) is 57.7 Å². The zero-order valence-electron chi connectivity index (χ0n) is 25.1. The van der Waals surface area contributed by atoms with Gasteiger partial charge in [0, 0.05) is 47.8 Å².